The lowest BCUT2D eigenvalue weighted by molar-refractivity contribution is -0.132. The number of carbonyl (C=O) groups excluding carboxylic acids is 1. The van der Waals surface area contributed by atoms with Crippen molar-refractivity contribution in [3.05, 3.63) is 69.7 Å². The minimum Gasteiger partial charge on any atom is -0.340 e. The van der Waals surface area contributed by atoms with Gasteiger partial charge in [-0.05, 0) is 51.3 Å². The average molecular weight is 409 g/mol. The van der Waals surface area contributed by atoms with Gasteiger partial charge in [-0.15, -0.1) is 0 Å². The van der Waals surface area contributed by atoms with Gasteiger partial charge in [0, 0.05) is 32.7 Å². The second-order valence-electron chi connectivity index (χ2n) is 6.21. The Kier molecular flexibility index (Phi) is 5.81. The van der Waals surface area contributed by atoms with Gasteiger partial charge in [0.15, 0.2) is 0 Å². The van der Waals surface area contributed by atoms with Gasteiger partial charge in [0.25, 0.3) is 0 Å². The van der Waals surface area contributed by atoms with E-state index in [0.717, 1.165) is 30.8 Å². The van der Waals surface area contributed by atoms with E-state index in [1.54, 1.807) is 24.3 Å². The molecule has 6 heteroatoms. The van der Waals surface area contributed by atoms with Crippen LogP contribution in [0.15, 0.2) is 46.9 Å². The topological polar surface area (TPSA) is 23.6 Å². The molecule has 0 spiro atoms. The van der Waals surface area contributed by atoms with Crippen LogP contribution in [-0.4, -0.2) is 41.9 Å². The Morgan fingerprint density at radius 2 is 1.60 bits per heavy atom. The molecule has 132 valence electrons. The SMILES string of the molecule is O=C(Cc1ccc(F)cc1)N1CCN(Cc2ccc(F)c(Br)c2)CC1. The van der Waals surface area contributed by atoms with Crippen LogP contribution in [-0.2, 0) is 17.8 Å². The smallest absolute Gasteiger partial charge is 0.227 e. The van der Waals surface area contributed by atoms with Gasteiger partial charge in [-0.3, -0.25) is 9.69 Å². The maximum absolute atomic E-state index is 13.3. The fourth-order valence-electron chi connectivity index (χ4n) is 2.94. The van der Waals surface area contributed by atoms with E-state index >= 15 is 0 Å². The highest BCUT2D eigenvalue weighted by atomic mass is 79.9. The van der Waals surface area contributed by atoms with Gasteiger partial charge in [0.2, 0.25) is 5.91 Å². The highest BCUT2D eigenvalue weighted by Crippen LogP contribution is 2.18. The highest BCUT2D eigenvalue weighted by Gasteiger charge is 2.21. The molecule has 0 aliphatic carbocycles. The first-order chi connectivity index (χ1) is 12.0. The van der Waals surface area contributed by atoms with Crippen LogP contribution in [0.2, 0.25) is 0 Å². The maximum Gasteiger partial charge on any atom is 0.227 e. The van der Waals surface area contributed by atoms with E-state index in [0.29, 0.717) is 24.0 Å². The largest absolute Gasteiger partial charge is 0.340 e. The Balaban J connectivity index is 1.50. The summed E-state index contributed by atoms with van der Waals surface area (Å²) >= 11 is 3.21. The molecule has 1 heterocycles. The summed E-state index contributed by atoms with van der Waals surface area (Å²) in [6, 6.07) is 11.1. The van der Waals surface area contributed by atoms with Crippen LogP contribution in [0.1, 0.15) is 11.1 Å². The number of nitrogens with zero attached hydrogens (tertiary/aromatic N) is 2. The third-order valence-electron chi connectivity index (χ3n) is 4.38. The molecule has 0 N–H and O–H groups in total. The summed E-state index contributed by atoms with van der Waals surface area (Å²) in [6.07, 6.45) is 0.297. The lowest BCUT2D eigenvalue weighted by Gasteiger charge is -2.35. The van der Waals surface area contributed by atoms with E-state index in [-0.39, 0.29) is 17.5 Å². The summed E-state index contributed by atoms with van der Waals surface area (Å²) in [5.41, 5.74) is 1.87. The second-order valence-corrected chi connectivity index (χ2v) is 7.06. The first-order valence-electron chi connectivity index (χ1n) is 8.20. The molecule has 1 fully saturated rings. The van der Waals surface area contributed by atoms with E-state index in [1.807, 2.05) is 4.90 Å². The van der Waals surface area contributed by atoms with Crippen LogP contribution >= 0.6 is 15.9 Å². The zero-order chi connectivity index (χ0) is 17.8. The Labute approximate surface area is 154 Å². The van der Waals surface area contributed by atoms with Crippen LogP contribution < -0.4 is 0 Å². The highest BCUT2D eigenvalue weighted by molar-refractivity contribution is 9.10. The van der Waals surface area contributed by atoms with Gasteiger partial charge >= 0.3 is 0 Å². The lowest BCUT2D eigenvalue weighted by atomic mass is 10.1. The van der Waals surface area contributed by atoms with E-state index in [9.17, 15) is 13.6 Å². The van der Waals surface area contributed by atoms with Crippen LogP contribution in [0.5, 0.6) is 0 Å². The minimum atomic E-state index is -0.294. The molecule has 0 atom stereocenters. The molecule has 0 saturated carbocycles. The molecular formula is C19H19BrF2N2O. The van der Waals surface area contributed by atoms with Crippen molar-refractivity contribution < 1.29 is 13.6 Å². The van der Waals surface area contributed by atoms with Crippen molar-refractivity contribution in [1.82, 2.24) is 9.80 Å². The molecule has 1 aliphatic heterocycles. The molecule has 1 amide bonds. The summed E-state index contributed by atoms with van der Waals surface area (Å²) in [5, 5.41) is 0. The standard InChI is InChI=1S/C19H19BrF2N2O/c20-17-11-15(3-6-18(17)22)13-23-7-9-24(10-8-23)19(25)12-14-1-4-16(21)5-2-14/h1-6,11H,7-10,12-13H2. The van der Waals surface area contributed by atoms with Crippen LogP contribution in [0.3, 0.4) is 0 Å². The van der Waals surface area contributed by atoms with Crippen molar-refractivity contribution in [2.24, 2.45) is 0 Å². The number of carbonyl (C=O) groups is 1. The molecule has 1 saturated heterocycles. The molecule has 25 heavy (non-hydrogen) atoms. The Hall–Kier alpha value is -1.79. The number of halogens is 3. The van der Waals surface area contributed by atoms with E-state index in [4.69, 9.17) is 0 Å². The summed E-state index contributed by atoms with van der Waals surface area (Å²) in [5.74, 6) is -0.493. The van der Waals surface area contributed by atoms with Crippen LogP contribution in [0, 0.1) is 11.6 Å². The predicted octanol–water partition coefficient (Wildman–Crippen LogP) is 3.61. The molecule has 3 rings (SSSR count). The maximum atomic E-state index is 13.3. The Bertz CT molecular complexity index is 744. The number of amides is 1. The van der Waals surface area contributed by atoms with E-state index in [2.05, 4.69) is 20.8 Å². The van der Waals surface area contributed by atoms with Crippen molar-refractivity contribution in [3.8, 4) is 0 Å². The number of rotatable bonds is 4. The van der Waals surface area contributed by atoms with E-state index < -0.39 is 0 Å². The van der Waals surface area contributed by atoms with Crippen LogP contribution in [0.4, 0.5) is 8.78 Å². The molecule has 0 aromatic heterocycles. The minimum absolute atomic E-state index is 0.0655. The first kappa shape index (κ1) is 18.0. The van der Waals surface area contributed by atoms with Gasteiger partial charge in [0.1, 0.15) is 11.6 Å². The third-order valence-corrected chi connectivity index (χ3v) is 4.99. The summed E-state index contributed by atoms with van der Waals surface area (Å²) in [7, 11) is 0. The van der Waals surface area contributed by atoms with Crippen molar-refractivity contribution >= 4 is 21.8 Å². The average Bonchev–Trinajstić information content (AvgIpc) is 2.61. The molecule has 1 aliphatic rings. The molecular weight excluding hydrogens is 390 g/mol. The molecule has 0 unspecified atom stereocenters. The van der Waals surface area contributed by atoms with Crippen molar-refractivity contribution in [3.63, 3.8) is 0 Å². The van der Waals surface area contributed by atoms with Gasteiger partial charge < -0.3 is 4.90 Å². The zero-order valence-corrected chi connectivity index (χ0v) is 15.3. The zero-order valence-electron chi connectivity index (χ0n) is 13.7. The predicted molar refractivity (Wildman–Crippen MR) is 96.1 cm³/mol. The fraction of sp³-hybridized carbons (Fsp3) is 0.316. The van der Waals surface area contributed by atoms with Crippen LogP contribution in [0.25, 0.3) is 0 Å². The van der Waals surface area contributed by atoms with Gasteiger partial charge in [-0.1, -0.05) is 18.2 Å². The molecule has 2 aromatic rings. The molecule has 3 nitrogen and oxygen atoms in total. The molecule has 2 aromatic carbocycles. The molecule has 0 bridgehead atoms. The summed E-state index contributed by atoms with van der Waals surface area (Å²) < 4.78 is 26.7. The summed E-state index contributed by atoms with van der Waals surface area (Å²) in [6.45, 7) is 3.64. The Morgan fingerprint density at radius 1 is 0.960 bits per heavy atom. The normalized spacial score (nSPS) is 15.4. The fourth-order valence-corrected chi connectivity index (χ4v) is 3.37. The Morgan fingerprint density at radius 3 is 2.24 bits per heavy atom. The van der Waals surface area contributed by atoms with Gasteiger partial charge in [-0.25, -0.2) is 8.78 Å². The van der Waals surface area contributed by atoms with Crippen molar-refractivity contribution in [2.45, 2.75) is 13.0 Å². The number of piperazine rings is 1. The first-order valence-corrected chi connectivity index (χ1v) is 8.99. The quantitative estimate of drug-likeness (QED) is 0.771. The van der Waals surface area contributed by atoms with Gasteiger partial charge in [-0.2, -0.15) is 0 Å². The van der Waals surface area contributed by atoms with Gasteiger partial charge in [0.05, 0.1) is 10.9 Å². The number of benzene rings is 2. The third kappa shape index (κ3) is 4.86. The van der Waals surface area contributed by atoms with E-state index in [1.165, 1.54) is 18.2 Å². The number of hydrogen-bond donors (Lipinski definition) is 0. The molecule has 0 radical (unpaired) electrons. The van der Waals surface area contributed by atoms with Crippen molar-refractivity contribution in [1.29, 1.82) is 0 Å². The summed E-state index contributed by atoms with van der Waals surface area (Å²) in [4.78, 5) is 16.5. The monoisotopic (exact) mass is 408 g/mol. The lowest BCUT2D eigenvalue weighted by Crippen LogP contribution is -2.48. The van der Waals surface area contributed by atoms with Crippen molar-refractivity contribution in [2.75, 3.05) is 26.2 Å². The number of hydrogen-bond acceptors (Lipinski definition) is 2. The second kappa shape index (κ2) is 8.06.